The Bertz CT molecular complexity index is 621. The van der Waals surface area contributed by atoms with Gasteiger partial charge in [0.2, 0.25) is 5.91 Å². The van der Waals surface area contributed by atoms with Crippen LogP contribution in [0.1, 0.15) is 46.0 Å². The summed E-state index contributed by atoms with van der Waals surface area (Å²) in [7, 11) is 0. The molecule has 0 unspecified atom stereocenters. The summed E-state index contributed by atoms with van der Waals surface area (Å²) in [5.41, 5.74) is 1.62. The number of carbonyl (C=O) groups is 4. The van der Waals surface area contributed by atoms with Crippen molar-refractivity contribution in [3.05, 3.63) is 0 Å². The molecule has 2 aliphatic heterocycles. The van der Waals surface area contributed by atoms with Crippen LogP contribution in [0.3, 0.4) is 0 Å². The Morgan fingerprint density at radius 2 is 1.70 bits per heavy atom. The van der Waals surface area contributed by atoms with Crippen molar-refractivity contribution < 1.29 is 19.2 Å². The minimum atomic E-state index is -0.842. The molecule has 0 bridgehead atoms. The summed E-state index contributed by atoms with van der Waals surface area (Å²) < 4.78 is 0. The first-order valence-corrected chi connectivity index (χ1v) is 9.80. The van der Waals surface area contributed by atoms with Gasteiger partial charge in [0.15, 0.2) is 0 Å². The van der Waals surface area contributed by atoms with Crippen LogP contribution in [0.25, 0.3) is 0 Å². The number of amides is 5. The minimum Gasteiger partial charge on any atom is -0.340 e. The van der Waals surface area contributed by atoms with Crippen LogP contribution in [0.5, 0.6) is 0 Å². The van der Waals surface area contributed by atoms with Crippen molar-refractivity contribution in [2.24, 2.45) is 5.92 Å². The van der Waals surface area contributed by atoms with E-state index in [9.17, 15) is 19.2 Å². The lowest BCUT2D eigenvalue weighted by atomic mass is 9.82. The van der Waals surface area contributed by atoms with Crippen LogP contribution in [0.2, 0.25) is 0 Å². The van der Waals surface area contributed by atoms with E-state index in [1.165, 1.54) is 0 Å². The second-order valence-corrected chi connectivity index (χ2v) is 8.00. The lowest BCUT2D eigenvalue weighted by molar-refractivity contribution is -0.141. The number of nitrogens with one attached hydrogen (secondary N) is 2. The molecule has 5 amide bonds. The number of piperazine rings is 1. The number of hydrazine groups is 1. The molecule has 9 heteroatoms. The van der Waals surface area contributed by atoms with Crippen molar-refractivity contribution >= 4 is 23.8 Å². The Labute approximate surface area is 159 Å². The van der Waals surface area contributed by atoms with Crippen LogP contribution >= 0.6 is 0 Å². The Hall–Kier alpha value is -2.16. The smallest absolute Gasteiger partial charge is 0.340 e. The van der Waals surface area contributed by atoms with E-state index in [0.717, 1.165) is 24.3 Å². The molecule has 1 aliphatic carbocycles. The molecule has 2 saturated heterocycles. The Morgan fingerprint density at radius 1 is 1.07 bits per heavy atom. The van der Waals surface area contributed by atoms with Gasteiger partial charge < -0.3 is 10.2 Å². The van der Waals surface area contributed by atoms with Crippen LogP contribution in [-0.4, -0.2) is 76.8 Å². The average molecular weight is 379 g/mol. The number of urea groups is 1. The second-order valence-electron chi connectivity index (χ2n) is 8.00. The average Bonchev–Trinajstić information content (AvgIpc) is 2.86. The standard InChI is InChI=1S/C18H29N5O4/c1-13(2)15(25)22-10-8-21(9-11-22)12-14(24)20-23-16(26)18(19-17(23)27)6-4-3-5-7-18/h13H,3-12H2,1-2H3,(H,19,27)(H,20,24). The molecule has 27 heavy (non-hydrogen) atoms. The summed E-state index contributed by atoms with van der Waals surface area (Å²) in [5, 5.41) is 3.61. The molecule has 2 heterocycles. The lowest BCUT2D eigenvalue weighted by Gasteiger charge is -2.35. The van der Waals surface area contributed by atoms with Crippen LogP contribution in [0.4, 0.5) is 4.79 Å². The maximum Gasteiger partial charge on any atom is 0.344 e. The minimum absolute atomic E-state index is 0.0355. The summed E-state index contributed by atoms with van der Waals surface area (Å²) >= 11 is 0. The number of nitrogens with zero attached hydrogens (tertiary/aromatic N) is 3. The zero-order valence-electron chi connectivity index (χ0n) is 16.1. The molecule has 1 spiro atoms. The van der Waals surface area contributed by atoms with Gasteiger partial charge in [0.25, 0.3) is 11.8 Å². The highest BCUT2D eigenvalue weighted by Gasteiger charge is 2.52. The molecule has 1 saturated carbocycles. The van der Waals surface area contributed by atoms with Gasteiger partial charge in [-0.1, -0.05) is 33.1 Å². The fraction of sp³-hybridized carbons (Fsp3) is 0.778. The third-order valence-corrected chi connectivity index (χ3v) is 5.65. The molecule has 0 radical (unpaired) electrons. The zero-order valence-corrected chi connectivity index (χ0v) is 16.1. The lowest BCUT2D eigenvalue weighted by Crippen LogP contribution is -2.55. The number of rotatable bonds is 4. The maximum absolute atomic E-state index is 12.7. The predicted molar refractivity (Wildman–Crippen MR) is 97.2 cm³/mol. The molecule has 0 aromatic carbocycles. The summed E-state index contributed by atoms with van der Waals surface area (Å²) in [6, 6.07) is -0.553. The molecule has 150 valence electrons. The van der Waals surface area contributed by atoms with Crippen molar-refractivity contribution in [3.8, 4) is 0 Å². The van der Waals surface area contributed by atoms with E-state index in [-0.39, 0.29) is 24.3 Å². The van der Waals surface area contributed by atoms with E-state index < -0.39 is 17.5 Å². The Morgan fingerprint density at radius 3 is 2.30 bits per heavy atom. The Balaban J connectivity index is 1.49. The molecule has 0 aromatic heterocycles. The second kappa shape index (κ2) is 7.84. The first kappa shape index (κ1) is 19.6. The van der Waals surface area contributed by atoms with Gasteiger partial charge in [-0.15, -0.1) is 0 Å². The van der Waals surface area contributed by atoms with E-state index in [1.807, 2.05) is 23.6 Å². The first-order valence-electron chi connectivity index (χ1n) is 9.80. The molecule has 0 aromatic rings. The molecule has 3 fully saturated rings. The Kier molecular flexibility index (Phi) is 5.69. The highest BCUT2D eigenvalue weighted by Crippen LogP contribution is 2.32. The van der Waals surface area contributed by atoms with Crippen molar-refractivity contribution in [2.45, 2.75) is 51.5 Å². The SMILES string of the molecule is CC(C)C(=O)N1CCN(CC(=O)NN2C(=O)NC3(CCCCC3)C2=O)CC1. The fourth-order valence-electron chi connectivity index (χ4n) is 4.07. The van der Waals surface area contributed by atoms with Gasteiger partial charge in [-0.05, 0) is 12.8 Å². The largest absolute Gasteiger partial charge is 0.344 e. The van der Waals surface area contributed by atoms with Crippen LogP contribution < -0.4 is 10.7 Å². The third-order valence-electron chi connectivity index (χ3n) is 5.65. The number of imide groups is 1. The molecular weight excluding hydrogens is 350 g/mol. The van der Waals surface area contributed by atoms with Gasteiger partial charge in [0.1, 0.15) is 5.54 Å². The molecular formula is C18H29N5O4. The first-order chi connectivity index (χ1) is 12.8. The molecule has 3 rings (SSSR count). The number of carbonyl (C=O) groups excluding carboxylic acids is 4. The monoisotopic (exact) mass is 379 g/mol. The third kappa shape index (κ3) is 4.07. The highest BCUT2D eigenvalue weighted by molar-refractivity contribution is 6.08. The molecule has 0 atom stereocenters. The summed E-state index contributed by atoms with van der Waals surface area (Å²) in [4.78, 5) is 53.0. The highest BCUT2D eigenvalue weighted by atomic mass is 16.2. The van der Waals surface area contributed by atoms with Gasteiger partial charge in [0, 0.05) is 32.1 Å². The molecule has 3 aliphatic rings. The maximum atomic E-state index is 12.7. The normalized spacial score (nSPS) is 23.1. The summed E-state index contributed by atoms with van der Waals surface area (Å²) in [6.45, 7) is 6.19. The summed E-state index contributed by atoms with van der Waals surface area (Å²) in [6.07, 6.45) is 4.09. The van der Waals surface area contributed by atoms with Crippen molar-refractivity contribution in [3.63, 3.8) is 0 Å². The van der Waals surface area contributed by atoms with Crippen LogP contribution in [0.15, 0.2) is 0 Å². The number of hydrogen-bond donors (Lipinski definition) is 2. The van der Waals surface area contributed by atoms with E-state index in [0.29, 0.717) is 39.0 Å². The van der Waals surface area contributed by atoms with E-state index in [4.69, 9.17) is 0 Å². The van der Waals surface area contributed by atoms with Gasteiger partial charge in [-0.25, -0.2) is 4.79 Å². The van der Waals surface area contributed by atoms with E-state index in [1.54, 1.807) is 0 Å². The van der Waals surface area contributed by atoms with Crippen molar-refractivity contribution in [2.75, 3.05) is 32.7 Å². The van der Waals surface area contributed by atoms with Gasteiger partial charge >= 0.3 is 6.03 Å². The van der Waals surface area contributed by atoms with E-state index in [2.05, 4.69) is 10.7 Å². The van der Waals surface area contributed by atoms with E-state index >= 15 is 0 Å². The van der Waals surface area contributed by atoms with Crippen LogP contribution in [-0.2, 0) is 14.4 Å². The van der Waals surface area contributed by atoms with Crippen molar-refractivity contribution in [1.29, 1.82) is 0 Å². The fourth-order valence-corrected chi connectivity index (χ4v) is 4.07. The zero-order chi connectivity index (χ0) is 19.6. The number of hydrogen-bond acceptors (Lipinski definition) is 5. The molecule has 2 N–H and O–H groups in total. The van der Waals surface area contributed by atoms with Gasteiger partial charge in [-0.3, -0.25) is 24.7 Å². The molecule has 9 nitrogen and oxygen atoms in total. The quantitative estimate of drug-likeness (QED) is 0.673. The van der Waals surface area contributed by atoms with Gasteiger partial charge in [0.05, 0.1) is 6.54 Å². The van der Waals surface area contributed by atoms with Gasteiger partial charge in [-0.2, -0.15) is 5.01 Å². The van der Waals surface area contributed by atoms with Crippen LogP contribution in [0, 0.1) is 5.92 Å². The van der Waals surface area contributed by atoms with Crippen molar-refractivity contribution in [1.82, 2.24) is 25.6 Å². The topological polar surface area (TPSA) is 102 Å². The summed E-state index contributed by atoms with van der Waals surface area (Å²) in [5.74, 6) is -0.661. The predicted octanol–water partition coefficient (Wildman–Crippen LogP) is 0.0725.